The quantitative estimate of drug-likeness (QED) is 0.814. The third kappa shape index (κ3) is 4.33. The first-order valence-corrected chi connectivity index (χ1v) is 9.61. The number of nitrogens with one attached hydrogen (secondary N) is 1. The predicted molar refractivity (Wildman–Crippen MR) is 93.0 cm³/mol. The molecular weight excluding hydrogens is 344 g/mol. The Labute approximate surface area is 147 Å². The highest BCUT2D eigenvalue weighted by molar-refractivity contribution is 7.87. The third-order valence-electron chi connectivity index (χ3n) is 4.04. The van der Waals surface area contributed by atoms with Crippen molar-refractivity contribution in [2.24, 2.45) is 0 Å². The summed E-state index contributed by atoms with van der Waals surface area (Å²) in [5.41, 5.74) is 0.728. The van der Waals surface area contributed by atoms with Crippen LogP contribution in [0.25, 0.3) is 11.4 Å². The molecule has 0 atom stereocenters. The maximum absolute atomic E-state index is 11.7. The zero-order chi connectivity index (χ0) is 17.9. The summed E-state index contributed by atoms with van der Waals surface area (Å²) in [6, 6.07) is 3.85. The Kier molecular flexibility index (Phi) is 5.30. The molecular formula is C15H22N6O3S. The van der Waals surface area contributed by atoms with Crippen LogP contribution in [0, 0.1) is 0 Å². The number of aromatic nitrogens is 3. The van der Waals surface area contributed by atoms with Crippen LogP contribution in [0.3, 0.4) is 0 Å². The second-order valence-corrected chi connectivity index (χ2v) is 8.04. The van der Waals surface area contributed by atoms with Crippen molar-refractivity contribution in [1.29, 1.82) is 0 Å². The molecule has 0 spiro atoms. The van der Waals surface area contributed by atoms with E-state index < -0.39 is 10.2 Å². The molecule has 1 fully saturated rings. The Morgan fingerprint density at radius 3 is 2.64 bits per heavy atom. The van der Waals surface area contributed by atoms with E-state index in [-0.39, 0.29) is 12.4 Å². The fourth-order valence-corrected chi connectivity index (χ4v) is 3.12. The molecule has 9 nitrogen and oxygen atoms in total. The molecule has 0 aromatic carbocycles. The Bertz CT molecular complexity index is 797. The lowest BCUT2D eigenvalue weighted by Crippen LogP contribution is -2.35. The highest BCUT2D eigenvalue weighted by atomic mass is 32.2. The van der Waals surface area contributed by atoms with Crippen LogP contribution in [-0.2, 0) is 16.8 Å². The van der Waals surface area contributed by atoms with Gasteiger partial charge in [-0.25, -0.2) is 4.98 Å². The van der Waals surface area contributed by atoms with Gasteiger partial charge in [0.15, 0.2) is 0 Å². The first kappa shape index (κ1) is 17.8. The molecule has 1 N–H and O–H groups in total. The minimum absolute atomic E-state index is 0.0627. The molecule has 2 aromatic rings. The molecule has 0 amide bonds. The SMILES string of the molecule is CN(C)S(=O)(=O)NCc1nc(-c2ccc(N3CCCCC3)nc2)no1. The van der Waals surface area contributed by atoms with E-state index in [1.165, 1.54) is 33.4 Å². The van der Waals surface area contributed by atoms with Gasteiger partial charge in [-0.3, -0.25) is 0 Å². The van der Waals surface area contributed by atoms with Crippen LogP contribution in [0.5, 0.6) is 0 Å². The van der Waals surface area contributed by atoms with E-state index in [2.05, 4.69) is 24.7 Å². The summed E-state index contributed by atoms with van der Waals surface area (Å²) >= 11 is 0. The summed E-state index contributed by atoms with van der Waals surface area (Å²) in [6.07, 6.45) is 5.38. The van der Waals surface area contributed by atoms with Crippen LogP contribution in [0.1, 0.15) is 25.2 Å². The van der Waals surface area contributed by atoms with Crippen molar-refractivity contribution >= 4 is 16.0 Å². The molecule has 1 aliphatic heterocycles. The van der Waals surface area contributed by atoms with Gasteiger partial charge in [0.2, 0.25) is 11.7 Å². The van der Waals surface area contributed by atoms with Crippen molar-refractivity contribution in [2.45, 2.75) is 25.8 Å². The van der Waals surface area contributed by atoms with Crippen molar-refractivity contribution in [3.05, 3.63) is 24.2 Å². The van der Waals surface area contributed by atoms with Crippen LogP contribution in [0.4, 0.5) is 5.82 Å². The maximum Gasteiger partial charge on any atom is 0.279 e. The highest BCUT2D eigenvalue weighted by Gasteiger charge is 2.16. The molecule has 136 valence electrons. The third-order valence-corrected chi connectivity index (χ3v) is 5.51. The summed E-state index contributed by atoms with van der Waals surface area (Å²) in [7, 11) is -0.649. The predicted octanol–water partition coefficient (Wildman–Crippen LogP) is 1.02. The number of hydrogen-bond donors (Lipinski definition) is 1. The molecule has 1 saturated heterocycles. The fraction of sp³-hybridized carbons (Fsp3) is 0.533. The van der Waals surface area contributed by atoms with Crippen LogP contribution >= 0.6 is 0 Å². The van der Waals surface area contributed by atoms with Crippen LogP contribution in [0.2, 0.25) is 0 Å². The summed E-state index contributed by atoms with van der Waals surface area (Å²) in [5, 5.41) is 3.89. The summed E-state index contributed by atoms with van der Waals surface area (Å²) in [5.74, 6) is 1.53. The molecule has 0 aliphatic carbocycles. The molecule has 10 heteroatoms. The van der Waals surface area contributed by atoms with E-state index >= 15 is 0 Å². The second-order valence-electron chi connectivity index (χ2n) is 6.07. The van der Waals surface area contributed by atoms with Gasteiger partial charge in [0.25, 0.3) is 10.2 Å². The Balaban J connectivity index is 1.65. The van der Waals surface area contributed by atoms with Crippen molar-refractivity contribution in [3.8, 4) is 11.4 Å². The maximum atomic E-state index is 11.7. The van der Waals surface area contributed by atoms with Gasteiger partial charge in [0, 0.05) is 38.9 Å². The van der Waals surface area contributed by atoms with E-state index in [1.807, 2.05) is 12.1 Å². The fourth-order valence-electron chi connectivity index (χ4n) is 2.55. The average molecular weight is 366 g/mol. The standard InChI is InChI=1S/C15H22N6O3S/c1-20(2)25(22,23)17-11-14-18-15(19-24-14)12-6-7-13(16-10-12)21-8-4-3-5-9-21/h6-7,10,17H,3-5,8-9,11H2,1-2H3. The second kappa shape index (κ2) is 7.46. The average Bonchev–Trinajstić information content (AvgIpc) is 3.10. The van der Waals surface area contributed by atoms with E-state index in [9.17, 15) is 8.42 Å². The van der Waals surface area contributed by atoms with Gasteiger partial charge in [-0.2, -0.15) is 22.4 Å². The van der Waals surface area contributed by atoms with E-state index in [0.717, 1.165) is 28.8 Å². The zero-order valence-electron chi connectivity index (χ0n) is 14.3. The number of anilines is 1. The smallest absolute Gasteiger partial charge is 0.279 e. The van der Waals surface area contributed by atoms with Crippen molar-refractivity contribution in [2.75, 3.05) is 32.1 Å². The Morgan fingerprint density at radius 2 is 2.00 bits per heavy atom. The minimum atomic E-state index is -3.53. The lowest BCUT2D eigenvalue weighted by Gasteiger charge is -2.27. The van der Waals surface area contributed by atoms with Crippen LogP contribution in [0.15, 0.2) is 22.9 Å². The molecule has 2 aromatic heterocycles. The summed E-state index contributed by atoms with van der Waals surface area (Å²) < 4.78 is 31.9. The van der Waals surface area contributed by atoms with Crippen LogP contribution < -0.4 is 9.62 Å². The molecule has 1 aliphatic rings. The molecule has 0 radical (unpaired) electrons. The molecule has 0 unspecified atom stereocenters. The lowest BCUT2D eigenvalue weighted by molar-refractivity contribution is 0.374. The number of nitrogens with zero attached hydrogens (tertiary/aromatic N) is 5. The number of pyridine rings is 1. The molecule has 0 saturated carbocycles. The van der Waals surface area contributed by atoms with E-state index in [1.54, 1.807) is 6.20 Å². The van der Waals surface area contributed by atoms with E-state index in [0.29, 0.717) is 5.82 Å². The van der Waals surface area contributed by atoms with Gasteiger partial charge < -0.3 is 9.42 Å². The molecule has 0 bridgehead atoms. The van der Waals surface area contributed by atoms with Crippen molar-refractivity contribution in [3.63, 3.8) is 0 Å². The number of rotatable bonds is 6. The summed E-state index contributed by atoms with van der Waals surface area (Å²) in [6.45, 7) is 2.00. The van der Waals surface area contributed by atoms with Crippen molar-refractivity contribution < 1.29 is 12.9 Å². The Hall–Kier alpha value is -2.04. The first-order valence-electron chi connectivity index (χ1n) is 8.17. The number of hydrogen-bond acceptors (Lipinski definition) is 7. The van der Waals surface area contributed by atoms with E-state index in [4.69, 9.17) is 4.52 Å². The Morgan fingerprint density at radius 1 is 1.24 bits per heavy atom. The van der Waals surface area contributed by atoms with Gasteiger partial charge in [-0.15, -0.1) is 0 Å². The van der Waals surface area contributed by atoms with Gasteiger partial charge in [-0.05, 0) is 31.4 Å². The highest BCUT2D eigenvalue weighted by Crippen LogP contribution is 2.21. The number of piperidine rings is 1. The molecule has 3 rings (SSSR count). The van der Waals surface area contributed by atoms with Crippen molar-refractivity contribution in [1.82, 2.24) is 24.2 Å². The van der Waals surface area contributed by atoms with Gasteiger partial charge in [0.1, 0.15) is 5.82 Å². The topological polar surface area (TPSA) is 104 Å². The molecule has 3 heterocycles. The molecule has 25 heavy (non-hydrogen) atoms. The lowest BCUT2D eigenvalue weighted by atomic mass is 10.1. The van der Waals surface area contributed by atoms with Gasteiger partial charge in [-0.1, -0.05) is 5.16 Å². The van der Waals surface area contributed by atoms with Gasteiger partial charge >= 0.3 is 0 Å². The largest absolute Gasteiger partial charge is 0.357 e. The normalized spacial score (nSPS) is 15.7. The zero-order valence-corrected chi connectivity index (χ0v) is 15.2. The minimum Gasteiger partial charge on any atom is -0.357 e. The summed E-state index contributed by atoms with van der Waals surface area (Å²) in [4.78, 5) is 11.0. The monoisotopic (exact) mass is 366 g/mol. The van der Waals surface area contributed by atoms with Gasteiger partial charge in [0.05, 0.1) is 6.54 Å². The van der Waals surface area contributed by atoms with Crippen LogP contribution in [-0.4, -0.2) is 55.0 Å². The first-order chi connectivity index (χ1) is 12.0.